The van der Waals surface area contributed by atoms with Crippen LogP contribution in [-0.2, 0) is 6.42 Å². The maximum absolute atomic E-state index is 4.42. The normalized spacial score (nSPS) is 15.1. The number of aliphatic imine (C=N–C) groups is 1. The average Bonchev–Trinajstić information content (AvgIpc) is 2.67. The second kappa shape index (κ2) is 8.29. The summed E-state index contributed by atoms with van der Waals surface area (Å²) in [6.07, 6.45) is 6.10. The number of guanidine groups is 1. The van der Waals surface area contributed by atoms with Gasteiger partial charge in [-0.25, -0.2) is 0 Å². The summed E-state index contributed by atoms with van der Waals surface area (Å²) < 4.78 is 0. The number of nitrogens with one attached hydrogen (secondary N) is 1. The number of hydrogen-bond acceptors (Lipinski definition) is 2. The third-order valence-electron chi connectivity index (χ3n) is 4.26. The second-order valence-corrected chi connectivity index (χ2v) is 5.84. The summed E-state index contributed by atoms with van der Waals surface area (Å²) in [6, 6.07) is 16.6. The molecule has 4 nitrogen and oxygen atoms in total. The molecule has 0 unspecified atom stereocenters. The highest BCUT2D eigenvalue weighted by Gasteiger charge is 2.15. The van der Waals surface area contributed by atoms with Crippen molar-refractivity contribution in [2.75, 3.05) is 26.7 Å². The summed E-state index contributed by atoms with van der Waals surface area (Å²) in [5.41, 5.74) is 3.86. The van der Waals surface area contributed by atoms with Crippen molar-refractivity contribution in [3.63, 3.8) is 0 Å². The van der Waals surface area contributed by atoms with Crippen molar-refractivity contribution in [2.45, 2.75) is 12.8 Å². The van der Waals surface area contributed by atoms with Crippen LogP contribution in [0.15, 0.2) is 65.8 Å². The molecule has 24 heavy (non-hydrogen) atoms. The zero-order chi connectivity index (χ0) is 16.6. The third kappa shape index (κ3) is 4.22. The van der Waals surface area contributed by atoms with Gasteiger partial charge in [0.2, 0.25) is 0 Å². The monoisotopic (exact) mass is 320 g/mol. The molecule has 1 aromatic carbocycles. The predicted molar refractivity (Wildman–Crippen MR) is 99.9 cm³/mol. The summed E-state index contributed by atoms with van der Waals surface area (Å²) in [4.78, 5) is 11.1. The van der Waals surface area contributed by atoms with Crippen LogP contribution < -0.4 is 5.32 Å². The Morgan fingerprint density at radius 3 is 2.67 bits per heavy atom. The molecule has 0 saturated heterocycles. The SMILES string of the molecule is CN=C(NCCc1ccccn1)N1CC=C(c2ccccc2)CC1. The van der Waals surface area contributed by atoms with Crippen LogP contribution >= 0.6 is 0 Å². The number of hydrogen-bond donors (Lipinski definition) is 1. The number of nitrogens with zero attached hydrogens (tertiary/aromatic N) is 3. The van der Waals surface area contributed by atoms with Crippen LogP contribution in [0.4, 0.5) is 0 Å². The molecule has 2 aromatic rings. The number of rotatable bonds is 4. The van der Waals surface area contributed by atoms with Gasteiger partial charge in [-0.2, -0.15) is 0 Å². The van der Waals surface area contributed by atoms with Crippen LogP contribution in [0.5, 0.6) is 0 Å². The molecule has 0 fully saturated rings. The van der Waals surface area contributed by atoms with E-state index in [0.29, 0.717) is 0 Å². The van der Waals surface area contributed by atoms with Crippen LogP contribution in [0.25, 0.3) is 5.57 Å². The predicted octanol–water partition coefficient (Wildman–Crippen LogP) is 2.99. The van der Waals surface area contributed by atoms with Crippen molar-refractivity contribution < 1.29 is 0 Å². The highest BCUT2D eigenvalue weighted by Crippen LogP contribution is 2.21. The lowest BCUT2D eigenvalue weighted by atomic mass is 10.00. The molecule has 0 saturated carbocycles. The Bertz CT molecular complexity index is 692. The molecule has 124 valence electrons. The summed E-state index contributed by atoms with van der Waals surface area (Å²) in [6.45, 7) is 2.73. The molecule has 1 aliphatic rings. The number of pyridine rings is 1. The first kappa shape index (κ1) is 16.2. The maximum atomic E-state index is 4.42. The minimum atomic E-state index is 0.843. The standard InChI is InChI=1S/C20H24N4/c1-21-20(23-14-10-19-9-5-6-13-22-19)24-15-11-18(12-16-24)17-7-3-2-4-8-17/h2-9,11,13H,10,12,14-16H2,1H3,(H,21,23). The van der Waals surface area contributed by atoms with E-state index in [1.807, 2.05) is 25.4 Å². The molecule has 0 spiro atoms. The molecule has 3 rings (SSSR count). The Balaban J connectivity index is 1.53. The molecule has 4 heteroatoms. The van der Waals surface area contributed by atoms with Gasteiger partial charge in [0.1, 0.15) is 0 Å². The minimum Gasteiger partial charge on any atom is -0.356 e. The molecule has 0 amide bonds. The zero-order valence-corrected chi connectivity index (χ0v) is 14.2. The van der Waals surface area contributed by atoms with Crippen LogP contribution in [0.3, 0.4) is 0 Å². The summed E-state index contributed by atoms with van der Waals surface area (Å²) in [5, 5.41) is 3.45. The van der Waals surface area contributed by atoms with Crippen LogP contribution in [0.2, 0.25) is 0 Å². The van der Waals surface area contributed by atoms with Gasteiger partial charge >= 0.3 is 0 Å². The highest BCUT2D eigenvalue weighted by molar-refractivity contribution is 5.81. The summed E-state index contributed by atoms with van der Waals surface area (Å²) >= 11 is 0. The van der Waals surface area contributed by atoms with E-state index in [-0.39, 0.29) is 0 Å². The average molecular weight is 320 g/mol. The van der Waals surface area contributed by atoms with Crippen LogP contribution in [0.1, 0.15) is 17.7 Å². The van der Waals surface area contributed by atoms with Crippen molar-refractivity contribution in [3.05, 3.63) is 72.1 Å². The fourth-order valence-corrected chi connectivity index (χ4v) is 2.96. The smallest absolute Gasteiger partial charge is 0.193 e. The van der Waals surface area contributed by atoms with E-state index >= 15 is 0 Å². The zero-order valence-electron chi connectivity index (χ0n) is 14.2. The molecule has 2 heterocycles. The molecule has 1 N–H and O–H groups in total. The van der Waals surface area contributed by atoms with Crippen molar-refractivity contribution in [3.8, 4) is 0 Å². The van der Waals surface area contributed by atoms with Gasteiger partial charge in [0.25, 0.3) is 0 Å². The largest absolute Gasteiger partial charge is 0.356 e. The van der Waals surface area contributed by atoms with Crippen molar-refractivity contribution in [2.24, 2.45) is 4.99 Å². The summed E-state index contributed by atoms with van der Waals surface area (Å²) in [7, 11) is 1.85. The Morgan fingerprint density at radius 2 is 2.00 bits per heavy atom. The Hall–Kier alpha value is -2.62. The molecule has 1 aliphatic heterocycles. The van der Waals surface area contributed by atoms with Gasteiger partial charge < -0.3 is 10.2 Å². The first-order chi connectivity index (χ1) is 11.9. The lowest BCUT2D eigenvalue weighted by molar-refractivity contribution is 0.440. The Labute approximate surface area is 144 Å². The Kier molecular flexibility index (Phi) is 5.61. The van der Waals surface area contributed by atoms with E-state index < -0.39 is 0 Å². The number of benzene rings is 1. The lowest BCUT2D eigenvalue weighted by Crippen LogP contribution is -2.44. The van der Waals surface area contributed by atoms with E-state index in [4.69, 9.17) is 0 Å². The maximum Gasteiger partial charge on any atom is 0.193 e. The van der Waals surface area contributed by atoms with Crippen LogP contribution in [0, 0.1) is 0 Å². The fraction of sp³-hybridized carbons (Fsp3) is 0.300. The third-order valence-corrected chi connectivity index (χ3v) is 4.26. The van der Waals surface area contributed by atoms with E-state index in [0.717, 1.165) is 44.1 Å². The molecule has 0 bridgehead atoms. The van der Waals surface area contributed by atoms with Gasteiger partial charge in [-0.1, -0.05) is 42.5 Å². The molecule has 0 aliphatic carbocycles. The van der Waals surface area contributed by atoms with Crippen molar-refractivity contribution in [1.29, 1.82) is 0 Å². The molecule has 0 radical (unpaired) electrons. The number of aromatic nitrogens is 1. The van der Waals surface area contributed by atoms with Gasteiger partial charge in [0.15, 0.2) is 5.96 Å². The minimum absolute atomic E-state index is 0.843. The molecular weight excluding hydrogens is 296 g/mol. The summed E-state index contributed by atoms with van der Waals surface area (Å²) in [5.74, 6) is 0.967. The topological polar surface area (TPSA) is 40.5 Å². The van der Waals surface area contributed by atoms with Gasteiger partial charge in [0, 0.05) is 45.0 Å². The molecule has 0 atom stereocenters. The van der Waals surface area contributed by atoms with Gasteiger partial charge in [-0.3, -0.25) is 9.98 Å². The quantitative estimate of drug-likeness (QED) is 0.695. The van der Waals surface area contributed by atoms with Crippen molar-refractivity contribution >= 4 is 11.5 Å². The highest BCUT2D eigenvalue weighted by atomic mass is 15.3. The van der Waals surface area contributed by atoms with Crippen molar-refractivity contribution in [1.82, 2.24) is 15.2 Å². The van der Waals surface area contributed by atoms with E-state index in [1.165, 1.54) is 11.1 Å². The van der Waals surface area contributed by atoms with Gasteiger partial charge in [0.05, 0.1) is 0 Å². The van der Waals surface area contributed by atoms with E-state index in [9.17, 15) is 0 Å². The van der Waals surface area contributed by atoms with E-state index in [2.05, 4.69) is 62.7 Å². The molecule has 1 aromatic heterocycles. The first-order valence-corrected chi connectivity index (χ1v) is 8.47. The van der Waals surface area contributed by atoms with Gasteiger partial charge in [-0.05, 0) is 29.7 Å². The van der Waals surface area contributed by atoms with E-state index in [1.54, 1.807) is 0 Å². The lowest BCUT2D eigenvalue weighted by Gasteiger charge is -2.29. The molecular formula is C20H24N4. The van der Waals surface area contributed by atoms with Gasteiger partial charge in [-0.15, -0.1) is 0 Å². The second-order valence-electron chi connectivity index (χ2n) is 5.84. The van der Waals surface area contributed by atoms with Crippen LogP contribution in [-0.4, -0.2) is 42.5 Å². The Morgan fingerprint density at radius 1 is 1.17 bits per heavy atom. The first-order valence-electron chi connectivity index (χ1n) is 8.47. The fourth-order valence-electron chi connectivity index (χ4n) is 2.96.